The third-order valence-corrected chi connectivity index (χ3v) is 10.6. The van der Waals surface area contributed by atoms with Gasteiger partial charge in [0, 0.05) is 33.7 Å². The Hall–Kier alpha value is -1.90. The van der Waals surface area contributed by atoms with Crippen LogP contribution >= 0.6 is 91.3 Å². The van der Waals surface area contributed by atoms with E-state index in [1.165, 1.54) is 11.3 Å². The molecule has 0 saturated heterocycles. The van der Waals surface area contributed by atoms with Crippen LogP contribution in [0.5, 0.6) is 5.75 Å². The first kappa shape index (κ1) is 33.5. The van der Waals surface area contributed by atoms with Gasteiger partial charge in [-0.15, -0.1) is 0 Å². The minimum absolute atomic E-state index is 0.134. The SMILES string of the molecule is CCN(CC)C(=O)C1=C(C)N=c2s/c(=C/c3cc(I)c(OCc4ccc(Cl)cc4Cl)c(I)c3)c(=O)n2[C@H]1c1ccc(Cl)cc1. The molecule has 1 aliphatic heterocycles. The minimum Gasteiger partial charge on any atom is -0.487 e. The van der Waals surface area contributed by atoms with Crippen molar-refractivity contribution in [2.45, 2.75) is 33.4 Å². The Labute approximate surface area is 301 Å². The fourth-order valence-corrected chi connectivity index (χ4v) is 8.74. The molecular formula is C32H26Cl3I2N3O3S. The molecule has 0 N–H and O–H groups in total. The number of allylic oxidation sites excluding steroid dienone is 1. The third-order valence-electron chi connectivity index (χ3n) is 7.19. The van der Waals surface area contributed by atoms with Gasteiger partial charge < -0.3 is 9.64 Å². The standard InChI is InChI=1S/C32H26Cl3I2N3O3S/c1-4-39(5-2)31(42)27-17(3)38-32-40(28(27)19-6-9-21(33)10-7-19)30(41)26(44-32)14-18-12-24(36)29(25(37)13-18)43-16-20-8-11-22(34)15-23(20)35/h6-15,28H,4-5,16H2,1-3H3/b26-14+/t28-/m0/s1. The van der Waals surface area contributed by atoms with Crippen LogP contribution < -0.4 is 19.6 Å². The lowest BCUT2D eigenvalue weighted by Crippen LogP contribution is -2.43. The predicted octanol–water partition coefficient (Wildman–Crippen LogP) is 7.85. The molecule has 0 fully saturated rings. The van der Waals surface area contributed by atoms with Crippen LogP contribution in [0.25, 0.3) is 6.08 Å². The fraction of sp³-hybridized carbons (Fsp3) is 0.219. The topological polar surface area (TPSA) is 63.9 Å². The van der Waals surface area contributed by atoms with E-state index in [-0.39, 0.29) is 11.5 Å². The minimum atomic E-state index is -0.630. The number of benzene rings is 3. The molecule has 1 aromatic heterocycles. The summed E-state index contributed by atoms with van der Waals surface area (Å²) in [4.78, 5) is 34.9. The van der Waals surface area contributed by atoms with Gasteiger partial charge in [-0.2, -0.15) is 0 Å². The number of nitrogens with zero attached hydrogens (tertiary/aromatic N) is 3. The molecule has 0 radical (unpaired) electrons. The van der Waals surface area contributed by atoms with Crippen molar-refractivity contribution in [3.05, 3.63) is 124 Å². The molecule has 0 unspecified atom stereocenters. The van der Waals surface area contributed by atoms with Gasteiger partial charge in [0.2, 0.25) is 0 Å². The van der Waals surface area contributed by atoms with Crippen molar-refractivity contribution < 1.29 is 9.53 Å². The smallest absolute Gasteiger partial charge is 0.271 e. The Bertz CT molecular complexity index is 1950. The van der Waals surface area contributed by atoms with Crippen molar-refractivity contribution in [3.63, 3.8) is 0 Å². The number of thiazole rings is 1. The second-order valence-electron chi connectivity index (χ2n) is 9.95. The van der Waals surface area contributed by atoms with Crippen LogP contribution in [0.1, 0.15) is 43.5 Å². The number of hydrogen-bond donors (Lipinski definition) is 0. The molecule has 3 aromatic carbocycles. The van der Waals surface area contributed by atoms with Gasteiger partial charge in [-0.1, -0.05) is 64.3 Å². The quantitative estimate of drug-likeness (QED) is 0.170. The molecule has 228 valence electrons. The molecule has 0 saturated carbocycles. The Morgan fingerprint density at radius 2 is 1.66 bits per heavy atom. The number of rotatable bonds is 8. The van der Waals surface area contributed by atoms with Gasteiger partial charge in [0.15, 0.2) is 4.80 Å². The maximum atomic E-state index is 14.1. The maximum Gasteiger partial charge on any atom is 0.271 e. The molecule has 1 aliphatic rings. The van der Waals surface area contributed by atoms with E-state index in [0.29, 0.717) is 55.4 Å². The van der Waals surface area contributed by atoms with E-state index in [4.69, 9.17) is 44.5 Å². The van der Waals surface area contributed by atoms with Crippen LogP contribution in [0.4, 0.5) is 0 Å². The van der Waals surface area contributed by atoms with Crippen molar-refractivity contribution in [2.24, 2.45) is 4.99 Å². The first-order valence-electron chi connectivity index (χ1n) is 13.6. The number of amides is 1. The van der Waals surface area contributed by atoms with Crippen LogP contribution in [-0.4, -0.2) is 28.5 Å². The van der Waals surface area contributed by atoms with Crippen molar-refractivity contribution in [1.29, 1.82) is 0 Å². The average Bonchev–Trinajstić information content (AvgIpc) is 3.27. The molecule has 0 bridgehead atoms. The summed E-state index contributed by atoms with van der Waals surface area (Å²) in [6.07, 6.45) is 1.86. The van der Waals surface area contributed by atoms with E-state index in [1.807, 2.05) is 57.2 Å². The second kappa shape index (κ2) is 14.3. The predicted molar refractivity (Wildman–Crippen MR) is 196 cm³/mol. The summed E-state index contributed by atoms with van der Waals surface area (Å²) in [5.74, 6) is 0.596. The molecule has 2 heterocycles. The van der Waals surface area contributed by atoms with Gasteiger partial charge in [-0.3, -0.25) is 14.2 Å². The zero-order valence-electron chi connectivity index (χ0n) is 23.8. The van der Waals surface area contributed by atoms with Crippen molar-refractivity contribution >= 4 is 103 Å². The molecule has 0 spiro atoms. The van der Waals surface area contributed by atoms with Crippen molar-refractivity contribution in [3.8, 4) is 5.75 Å². The fourth-order valence-electron chi connectivity index (χ4n) is 4.98. The van der Waals surface area contributed by atoms with Crippen LogP contribution in [0, 0.1) is 7.14 Å². The van der Waals surface area contributed by atoms with Crippen LogP contribution in [0.2, 0.25) is 15.1 Å². The third kappa shape index (κ3) is 6.92. The van der Waals surface area contributed by atoms with Crippen LogP contribution in [-0.2, 0) is 11.4 Å². The van der Waals surface area contributed by atoms with Gasteiger partial charge >= 0.3 is 0 Å². The number of halogens is 5. The van der Waals surface area contributed by atoms with Gasteiger partial charge in [-0.05, 0) is 120 Å². The van der Waals surface area contributed by atoms with Gasteiger partial charge in [0.1, 0.15) is 12.4 Å². The number of hydrogen-bond acceptors (Lipinski definition) is 5. The number of likely N-dealkylation sites (N-methyl/N-ethyl adjacent to an activating group) is 1. The highest BCUT2D eigenvalue weighted by Gasteiger charge is 2.34. The van der Waals surface area contributed by atoms with Crippen LogP contribution in [0.3, 0.4) is 0 Å². The number of ether oxygens (including phenoxy) is 1. The molecule has 1 amide bonds. The lowest BCUT2D eigenvalue weighted by molar-refractivity contribution is -0.127. The summed E-state index contributed by atoms with van der Waals surface area (Å²) in [6.45, 7) is 7.10. The lowest BCUT2D eigenvalue weighted by Gasteiger charge is -2.29. The highest BCUT2D eigenvalue weighted by Crippen LogP contribution is 2.33. The highest BCUT2D eigenvalue weighted by atomic mass is 127. The zero-order chi connectivity index (χ0) is 31.7. The van der Waals surface area contributed by atoms with E-state index < -0.39 is 6.04 Å². The number of fused-ring (bicyclic) bond motifs is 1. The normalized spacial score (nSPS) is 14.8. The van der Waals surface area contributed by atoms with Crippen molar-refractivity contribution in [1.82, 2.24) is 9.47 Å². The van der Waals surface area contributed by atoms with Crippen molar-refractivity contribution in [2.75, 3.05) is 13.1 Å². The van der Waals surface area contributed by atoms with Gasteiger partial charge in [0.05, 0.1) is 29.0 Å². The summed E-state index contributed by atoms with van der Waals surface area (Å²) >= 11 is 24.3. The lowest BCUT2D eigenvalue weighted by atomic mass is 9.94. The van der Waals surface area contributed by atoms with Gasteiger partial charge in [-0.25, -0.2) is 4.99 Å². The van der Waals surface area contributed by atoms with E-state index >= 15 is 0 Å². The number of aromatic nitrogens is 1. The Balaban J connectivity index is 1.56. The molecule has 44 heavy (non-hydrogen) atoms. The Morgan fingerprint density at radius 1 is 1.02 bits per heavy atom. The van der Waals surface area contributed by atoms with E-state index in [0.717, 1.165) is 29.6 Å². The highest BCUT2D eigenvalue weighted by molar-refractivity contribution is 14.1. The first-order valence-corrected chi connectivity index (χ1v) is 17.8. The summed E-state index contributed by atoms with van der Waals surface area (Å²) in [5.41, 5.74) is 3.34. The average molecular weight is 893 g/mol. The molecule has 5 rings (SSSR count). The summed E-state index contributed by atoms with van der Waals surface area (Å²) in [6, 6.07) is 15.9. The maximum absolute atomic E-state index is 14.1. The molecule has 1 atom stereocenters. The first-order chi connectivity index (χ1) is 21.0. The molecular weight excluding hydrogens is 867 g/mol. The van der Waals surface area contributed by atoms with E-state index in [9.17, 15) is 9.59 Å². The van der Waals surface area contributed by atoms with Gasteiger partial charge in [0.25, 0.3) is 11.5 Å². The van der Waals surface area contributed by atoms with E-state index in [2.05, 4.69) is 45.2 Å². The van der Waals surface area contributed by atoms with E-state index in [1.54, 1.807) is 33.7 Å². The molecule has 4 aromatic rings. The summed E-state index contributed by atoms with van der Waals surface area (Å²) < 4.78 is 10.1. The Morgan fingerprint density at radius 3 is 2.27 bits per heavy atom. The monoisotopic (exact) mass is 891 g/mol. The summed E-state index contributed by atoms with van der Waals surface area (Å²) in [5, 5.41) is 1.69. The number of carbonyl (C=O) groups is 1. The molecule has 0 aliphatic carbocycles. The number of carbonyl (C=O) groups excluding carboxylic acids is 1. The second-order valence-corrected chi connectivity index (χ2v) is 14.6. The zero-order valence-corrected chi connectivity index (χ0v) is 31.2. The summed E-state index contributed by atoms with van der Waals surface area (Å²) in [7, 11) is 0. The Kier molecular flexibility index (Phi) is 10.8. The van der Waals surface area contributed by atoms with Crippen LogP contribution in [0.15, 0.2) is 75.7 Å². The largest absolute Gasteiger partial charge is 0.487 e. The molecule has 6 nitrogen and oxygen atoms in total. The molecule has 12 heteroatoms.